The number of carbonyl (C=O) groups is 1. The van der Waals surface area contributed by atoms with Gasteiger partial charge in [0.25, 0.3) is 11.5 Å². The van der Waals surface area contributed by atoms with Crippen molar-refractivity contribution in [1.29, 1.82) is 0 Å². The van der Waals surface area contributed by atoms with Crippen LogP contribution in [0.15, 0.2) is 29.6 Å². The lowest BCUT2D eigenvalue weighted by molar-refractivity contribution is 0.102. The van der Waals surface area contributed by atoms with Gasteiger partial charge < -0.3 is 20.1 Å². The summed E-state index contributed by atoms with van der Waals surface area (Å²) < 4.78 is 13.0. The van der Waals surface area contributed by atoms with Crippen LogP contribution in [-0.4, -0.2) is 63.7 Å². The molecule has 1 aromatic carbocycles. The average molecular weight is 482 g/mol. The molecular weight excluding hydrogens is 450 g/mol. The summed E-state index contributed by atoms with van der Waals surface area (Å²) in [6.07, 6.45) is 8.73. The number of nitrogens with one attached hydrogen (secondary N) is 1. The Morgan fingerprint density at radius 3 is 2.63 bits per heavy atom. The van der Waals surface area contributed by atoms with Gasteiger partial charge in [-0.2, -0.15) is 0 Å². The summed E-state index contributed by atoms with van der Waals surface area (Å²) in [5.74, 6) is 0.284. The molecule has 3 N–H and O–H groups in total. The van der Waals surface area contributed by atoms with E-state index in [2.05, 4.69) is 25.2 Å². The number of hydrogen-bond acceptors (Lipinski definition) is 9. The molecule has 35 heavy (non-hydrogen) atoms. The van der Waals surface area contributed by atoms with E-state index in [0.717, 1.165) is 26.1 Å². The van der Waals surface area contributed by atoms with E-state index in [1.165, 1.54) is 49.7 Å². The average Bonchev–Trinajstić information content (AvgIpc) is 2.88. The fourth-order valence-corrected chi connectivity index (χ4v) is 4.31. The van der Waals surface area contributed by atoms with Crippen molar-refractivity contribution in [3.05, 3.63) is 40.7 Å². The summed E-state index contributed by atoms with van der Waals surface area (Å²) in [6, 6.07) is 1.60. The van der Waals surface area contributed by atoms with Crippen molar-refractivity contribution in [1.82, 2.24) is 24.4 Å². The number of likely N-dealkylation sites (tertiary alicyclic amines) is 1. The molecule has 11 heteroatoms. The van der Waals surface area contributed by atoms with E-state index in [-0.39, 0.29) is 40.2 Å². The number of carbonyl (C=O) groups excluding carboxylic acids is 1. The van der Waals surface area contributed by atoms with Crippen LogP contribution in [0.1, 0.15) is 43.0 Å². The number of nitrogens with two attached hydrogens (primary N) is 1. The third-order valence-electron chi connectivity index (χ3n) is 6.08. The Labute approximate surface area is 203 Å². The lowest BCUT2D eigenvalue weighted by Crippen LogP contribution is -2.31. The molecule has 11 nitrogen and oxygen atoms in total. The maximum absolute atomic E-state index is 13.3. The van der Waals surface area contributed by atoms with E-state index in [4.69, 9.17) is 15.2 Å². The van der Waals surface area contributed by atoms with Crippen LogP contribution in [0, 0.1) is 0 Å². The van der Waals surface area contributed by atoms with Crippen molar-refractivity contribution in [3.63, 3.8) is 0 Å². The largest absolute Gasteiger partial charge is 0.491 e. The van der Waals surface area contributed by atoms with Crippen LogP contribution in [0.4, 0.5) is 11.6 Å². The molecule has 1 saturated heterocycles. The van der Waals surface area contributed by atoms with E-state index < -0.39 is 5.91 Å². The van der Waals surface area contributed by atoms with Gasteiger partial charge in [0, 0.05) is 31.5 Å². The second-order valence-electron chi connectivity index (χ2n) is 8.39. The second kappa shape index (κ2) is 11.1. The van der Waals surface area contributed by atoms with Crippen molar-refractivity contribution >= 4 is 28.4 Å². The summed E-state index contributed by atoms with van der Waals surface area (Å²) in [4.78, 5) is 40.7. The smallest absolute Gasteiger partial charge is 0.265 e. The number of nitrogens with zero attached hydrogens (tertiary/aromatic N) is 5. The molecule has 0 atom stereocenters. The van der Waals surface area contributed by atoms with E-state index in [1.54, 1.807) is 13.0 Å². The minimum atomic E-state index is -0.490. The van der Waals surface area contributed by atoms with Crippen molar-refractivity contribution in [2.24, 2.45) is 0 Å². The zero-order valence-electron chi connectivity index (χ0n) is 20.1. The zero-order valence-corrected chi connectivity index (χ0v) is 20.1. The van der Waals surface area contributed by atoms with Crippen molar-refractivity contribution < 1.29 is 14.3 Å². The van der Waals surface area contributed by atoms with Crippen LogP contribution in [0.2, 0.25) is 0 Å². The molecule has 0 unspecified atom stereocenters. The van der Waals surface area contributed by atoms with Crippen LogP contribution in [0.25, 0.3) is 10.9 Å². The zero-order chi connectivity index (χ0) is 24.8. The van der Waals surface area contributed by atoms with Gasteiger partial charge in [-0.1, -0.05) is 6.42 Å². The number of amides is 1. The normalized spacial score (nSPS) is 14.1. The summed E-state index contributed by atoms with van der Waals surface area (Å²) in [5.41, 5.74) is 6.59. The van der Waals surface area contributed by atoms with E-state index in [9.17, 15) is 9.59 Å². The highest BCUT2D eigenvalue weighted by atomic mass is 16.5. The van der Waals surface area contributed by atoms with Gasteiger partial charge >= 0.3 is 0 Å². The number of aromatic nitrogens is 4. The molecule has 0 radical (unpaired) electrons. The van der Waals surface area contributed by atoms with Gasteiger partial charge in [-0.3, -0.25) is 19.5 Å². The van der Waals surface area contributed by atoms with Crippen LogP contribution in [-0.2, 0) is 6.54 Å². The Bertz CT molecular complexity index is 1240. The minimum Gasteiger partial charge on any atom is -0.491 e. The Morgan fingerprint density at radius 1 is 1.20 bits per heavy atom. The van der Waals surface area contributed by atoms with E-state index >= 15 is 0 Å². The molecule has 0 aliphatic carbocycles. The highest BCUT2D eigenvalue weighted by Gasteiger charge is 2.22. The summed E-state index contributed by atoms with van der Waals surface area (Å²) >= 11 is 0. The first kappa shape index (κ1) is 24.4. The minimum absolute atomic E-state index is 0.0683. The van der Waals surface area contributed by atoms with Gasteiger partial charge in [-0.05, 0) is 39.3 Å². The van der Waals surface area contributed by atoms with Gasteiger partial charge in [-0.25, -0.2) is 15.0 Å². The molecule has 3 aromatic rings. The van der Waals surface area contributed by atoms with Crippen LogP contribution < -0.4 is 26.1 Å². The first-order valence-corrected chi connectivity index (χ1v) is 11.9. The molecule has 2 aromatic heterocycles. The molecule has 0 spiro atoms. The number of anilines is 2. The number of hydrogen-bond donors (Lipinski definition) is 2. The molecular formula is C24H31N7O4. The van der Waals surface area contributed by atoms with Gasteiger partial charge in [0.15, 0.2) is 11.5 Å². The first-order valence-electron chi connectivity index (χ1n) is 11.9. The highest BCUT2D eigenvalue weighted by Crippen LogP contribution is 2.37. The number of methoxy groups -OCH3 is 1. The number of ether oxygens (including phenoxy) is 2. The lowest BCUT2D eigenvalue weighted by Gasteiger charge is -2.26. The molecule has 1 aliphatic rings. The molecule has 3 heterocycles. The number of piperidine rings is 1. The van der Waals surface area contributed by atoms with Gasteiger partial charge in [-0.15, -0.1) is 0 Å². The quantitative estimate of drug-likeness (QED) is 0.348. The van der Waals surface area contributed by atoms with Gasteiger partial charge in [0.1, 0.15) is 11.8 Å². The maximum atomic E-state index is 13.3. The van der Waals surface area contributed by atoms with Crippen molar-refractivity contribution in [2.75, 3.05) is 44.4 Å². The summed E-state index contributed by atoms with van der Waals surface area (Å²) in [5, 5.41) is 2.89. The predicted molar refractivity (Wildman–Crippen MR) is 133 cm³/mol. The number of benzene rings is 1. The van der Waals surface area contributed by atoms with Gasteiger partial charge in [0.2, 0.25) is 5.95 Å². The van der Waals surface area contributed by atoms with E-state index in [0.29, 0.717) is 18.1 Å². The van der Waals surface area contributed by atoms with Crippen LogP contribution >= 0.6 is 0 Å². The lowest BCUT2D eigenvalue weighted by atomic mass is 10.1. The standard InChI is InChI=1S/C24H31N7O4/c1-3-31-23(33)19-17(25)12-18(35-11-7-10-30-8-5-4-6-9-30)21(34-2)20(19)28-24(31)29-22(32)16-13-26-15-27-14-16/h12-15H,3-11,25H2,1-2H3,(H,28,29,32). The second-order valence-corrected chi connectivity index (χ2v) is 8.39. The van der Waals surface area contributed by atoms with Crippen LogP contribution in [0.5, 0.6) is 11.5 Å². The topological polar surface area (TPSA) is 137 Å². The summed E-state index contributed by atoms with van der Waals surface area (Å²) in [6.45, 7) is 5.75. The predicted octanol–water partition coefficient (Wildman–Crippen LogP) is 2.30. The molecule has 0 bridgehead atoms. The third kappa shape index (κ3) is 5.35. The van der Waals surface area contributed by atoms with Crippen molar-refractivity contribution in [3.8, 4) is 11.5 Å². The Hall–Kier alpha value is -3.73. The molecule has 0 saturated carbocycles. The number of fused-ring (bicyclic) bond motifs is 1. The fraction of sp³-hybridized carbons (Fsp3) is 0.458. The Balaban J connectivity index is 1.63. The molecule has 1 aliphatic heterocycles. The molecule has 4 rings (SSSR count). The van der Waals surface area contributed by atoms with E-state index in [1.807, 2.05) is 0 Å². The monoisotopic (exact) mass is 481 g/mol. The van der Waals surface area contributed by atoms with Crippen LogP contribution in [0.3, 0.4) is 0 Å². The summed E-state index contributed by atoms with van der Waals surface area (Å²) in [7, 11) is 1.48. The molecule has 186 valence electrons. The number of nitrogen functional groups attached to an aromatic ring is 1. The Morgan fingerprint density at radius 2 is 1.94 bits per heavy atom. The highest BCUT2D eigenvalue weighted by molar-refractivity contribution is 6.04. The maximum Gasteiger partial charge on any atom is 0.265 e. The van der Waals surface area contributed by atoms with Gasteiger partial charge in [0.05, 0.1) is 30.4 Å². The Kier molecular flexibility index (Phi) is 7.76. The molecule has 1 fully saturated rings. The SMILES string of the molecule is CCn1c(NC(=O)c2cncnc2)nc2c(OC)c(OCCCN3CCCCC3)cc(N)c2c1=O. The first-order chi connectivity index (χ1) is 17.0. The fourth-order valence-electron chi connectivity index (χ4n) is 4.31. The van der Waals surface area contributed by atoms with Crippen molar-refractivity contribution in [2.45, 2.75) is 39.2 Å². The third-order valence-corrected chi connectivity index (χ3v) is 6.08. The number of rotatable bonds is 9. The molecule has 1 amide bonds.